The van der Waals surface area contributed by atoms with Gasteiger partial charge in [-0.3, -0.25) is 9.59 Å². The van der Waals surface area contributed by atoms with Gasteiger partial charge in [-0.1, -0.05) is 41.9 Å². The molecule has 0 saturated heterocycles. The maximum absolute atomic E-state index is 12.1. The Labute approximate surface area is 126 Å². The lowest BCUT2D eigenvalue weighted by Crippen LogP contribution is -2.27. The van der Waals surface area contributed by atoms with Crippen LogP contribution in [0.25, 0.3) is 0 Å². The largest absolute Gasteiger partial charge is 0.366 e. The molecule has 1 atom stereocenters. The quantitative estimate of drug-likeness (QED) is 0.806. The molecule has 0 aliphatic heterocycles. The van der Waals surface area contributed by atoms with Crippen LogP contribution in [0.4, 0.5) is 5.69 Å². The highest BCUT2D eigenvalue weighted by Gasteiger charge is 2.16. The third-order valence-electron chi connectivity index (χ3n) is 2.94. The van der Waals surface area contributed by atoms with Gasteiger partial charge < -0.3 is 16.8 Å². The zero-order chi connectivity index (χ0) is 15.4. The summed E-state index contributed by atoms with van der Waals surface area (Å²) in [7, 11) is 0. The number of carbonyl (C=O) groups is 2. The minimum Gasteiger partial charge on any atom is -0.366 e. The van der Waals surface area contributed by atoms with E-state index in [1.165, 1.54) is 12.1 Å². The van der Waals surface area contributed by atoms with E-state index in [9.17, 15) is 9.59 Å². The maximum Gasteiger partial charge on any atom is 0.250 e. The van der Waals surface area contributed by atoms with Gasteiger partial charge >= 0.3 is 0 Å². The third-order valence-corrected chi connectivity index (χ3v) is 3.26. The normalized spacial score (nSPS) is 11.7. The van der Waals surface area contributed by atoms with Crippen molar-refractivity contribution in [2.24, 2.45) is 11.5 Å². The van der Waals surface area contributed by atoms with E-state index in [1.54, 1.807) is 30.3 Å². The molecule has 0 fully saturated rings. The van der Waals surface area contributed by atoms with Crippen LogP contribution in [-0.2, 0) is 4.79 Å². The lowest BCUT2D eigenvalue weighted by Gasteiger charge is -2.13. The maximum atomic E-state index is 12.1. The van der Waals surface area contributed by atoms with Crippen molar-refractivity contribution in [2.75, 3.05) is 5.32 Å². The van der Waals surface area contributed by atoms with E-state index < -0.39 is 11.9 Å². The van der Waals surface area contributed by atoms with Crippen LogP contribution in [0.1, 0.15) is 22.0 Å². The number of rotatable bonds is 4. The molecule has 5 N–H and O–H groups in total. The summed E-state index contributed by atoms with van der Waals surface area (Å²) < 4.78 is 0. The van der Waals surface area contributed by atoms with Crippen molar-refractivity contribution in [3.8, 4) is 0 Å². The van der Waals surface area contributed by atoms with Gasteiger partial charge in [-0.25, -0.2) is 0 Å². The molecule has 0 bridgehead atoms. The number of primary amides is 1. The highest BCUT2D eigenvalue weighted by molar-refractivity contribution is 6.34. The van der Waals surface area contributed by atoms with Crippen molar-refractivity contribution in [3.05, 3.63) is 64.7 Å². The fourth-order valence-corrected chi connectivity index (χ4v) is 2.10. The molecule has 6 heteroatoms. The van der Waals surface area contributed by atoms with Gasteiger partial charge in [0.1, 0.15) is 6.04 Å². The summed E-state index contributed by atoms with van der Waals surface area (Å²) in [6, 6.07) is 12.7. The number of carbonyl (C=O) groups excluding carboxylic acids is 2. The fourth-order valence-electron chi connectivity index (χ4n) is 1.82. The lowest BCUT2D eigenvalue weighted by molar-refractivity contribution is -0.117. The first-order chi connectivity index (χ1) is 9.99. The summed E-state index contributed by atoms with van der Waals surface area (Å²) in [5, 5.41) is 2.82. The van der Waals surface area contributed by atoms with Crippen LogP contribution in [0.3, 0.4) is 0 Å². The summed E-state index contributed by atoms with van der Waals surface area (Å²) in [6.45, 7) is 0. The van der Waals surface area contributed by atoms with Crippen LogP contribution in [0.5, 0.6) is 0 Å². The molecule has 21 heavy (non-hydrogen) atoms. The van der Waals surface area contributed by atoms with Gasteiger partial charge in [0.15, 0.2) is 0 Å². The molecular weight excluding hydrogens is 290 g/mol. The first kappa shape index (κ1) is 15.0. The lowest BCUT2D eigenvalue weighted by atomic mass is 10.1. The van der Waals surface area contributed by atoms with Gasteiger partial charge in [0.05, 0.1) is 10.6 Å². The van der Waals surface area contributed by atoms with Crippen molar-refractivity contribution in [1.82, 2.24) is 0 Å². The Morgan fingerprint density at radius 3 is 2.33 bits per heavy atom. The van der Waals surface area contributed by atoms with Crippen LogP contribution < -0.4 is 16.8 Å². The second kappa shape index (κ2) is 6.39. The van der Waals surface area contributed by atoms with Crippen molar-refractivity contribution in [1.29, 1.82) is 0 Å². The molecular formula is C15H14ClN3O2. The molecule has 2 aromatic carbocycles. The summed E-state index contributed by atoms with van der Waals surface area (Å²) in [5.41, 5.74) is 12.4. The average Bonchev–Trinajstić information content (AvgIpc) is 2.47. The summed E-state index contributed by atoms with van der Waals surface area (Å²) >= 11 is 5.92. The Hall–Kier alpha value is -2.37. The van der Waals surface area contributed by atoms with E-state index in [0.717, 1.165) is 0 Å². The number of anilines is 1. The topological polar surface area (TPSA) is 98.2 Å². The number of halogens is 1. The summed E-state index contributed by atoms with van der Waals surface area (Å²) in [6.07, 6.45) is 0. The summed E-state index contributed by atoms with van der Waals surface area (Å²) in [4.78, 5) is 23.2. The number of hydrogen-bond acceptors (Lipinski definition) is 3. The summed E-state index contributed by atoms with van der Waals surface area (Å²) in [5.74, 6) is -0.997. The standard InChI is InChI=1S/C15H14ClN3O2/c16-12-8-10(6-7-11(12)14(18)20)19-15(21)13(17)9-4-2-1-3-5-9/h1-8,13H,17H2,(H2,18,20)(H,19,21)/t13-/m0/s1. The predicted molar refractivity (Wildman–Crippen MR) is 82.0 cm³/mol. The number of nitrogens with one attached hydrogen (secondary N) is 1. The Balaban J connectivity index is 2.13. The third kappa shape index (κ3) is 3.59. The number of hydrogen-bond donors (Lipinski definition) is 3. The second-order valence-electron chi connectivity index (χ2n) is 4.44. The minimum atomic E-state index is -0.791. The van der Waals surface area contributed by atoms with E-state index in [4.69, 9.17) is 23.1 Å². The predicted octanol–water partition coefficient (Wildman–Crippen LogP) is 2.08. The Kier molecular flexibility index (Phi) is 4.57. The minimum absolute atomic E-state index is 0.175. The van der Waals surface area contributed by atoms with Crippen LogP contribution in [0.15, 0.2) is 48.5 Å². The van der Waals surface area contributed by atoms with Gasteiger partial charge in [-0.15, -0.1) is 0 Å². The molecule has 0 unspecified atom stereocenters. The van der Waals surface area contributed by atoms with E-state index >= 15 is 0 Å². The Morgan fingerprint density at radius 2 is 1.76 bits per heavy atom. The van der Waals surface area contributed by atoms with Crippen LogP contribution >= 0.6 is 11.6 Å². The number of amides is 2. The Bertz CT molecular complexity index is 674. The zero-order valence-corrected chi connectivity index (χ0v) is 11.8. The molecule has 0 saturated carbocycles. The Morgan fingerprint density at radius 1 is 1.10 bits per heavy atom. The molecule has 0 heterocycles. The molecule has 2 aromatic rings. The highest BCUT2D eigenvalue weighted by atomic mass is 35.5. The van der Waals surface area contributed by atoms with Crippen LogP contribution in [0, 0.1) is 0 Å². The van der Waals surface area contributed by atoms with E-state index in [2.05, 4.69) is 5.32 Å². The van der Waals surface area contributed by atoms with Gasteiger partial charge in [-0.2, -0.15) is 0 Å². The highest BCUT2D eigenvalue weighted by Crippen LogP contribution is 2.21. The van der Waals surface area contributed by atoms with Crippen molar-refractivity contribution < 1.29 is 9.59 Å². The van der Waals surface area contributed by atoms with Crippen LogP contribution in [0.2, 0.25) is 5.02 Å². The zero-order valence-electron chi connectivity index (χ0n) is 11.0. The van der Waals surface area contributed by atoms with E-state index in [-0.39, 0.29) is 16.5 Å². The molecule has 2 rings (SSSR count). The van der Waals surface area contributed by atoms with Crippen LogP contribution in [-0.4, -0.2) is 11.8 Å². The molecule has 5 nitrogen and oxygen atoms in total. The number of benzene rings is 2. The van der Waals surface area contributed by atoms with Gasteiger partial charge in [0, 0.05) is 5.69 Å². The smallest absolute Gasteiger partial charge is 0.250 e. The molecule has 0 radical (unpaired) electrons. The SMILES string of the molecule is NC(=O)c1ccc(NC(=O)[C@@H](N)c2ccccc2)cc1Cl. The first-order valence-corrected chi connectivity index (χ1v) is 6.57. The molecule has 0 aromatic heterocycles. The van der Waals surface area contributed by atoms with Gasteiger partial charge in [0.25, 0.3) is 0 Å². The molecule has 0 aliphatic carbocycles. The molecule has 0 aliphatic rings. The van der Waals surface area contributed by atoms with Crippen molar-refractivity contribution in [2.45, 2.75) is 6.04 Å². The average molecular weight is 304 g/mol. The van der Waals surface area contributed by atoms with Crippen molar-refractivity contribution in [3.63, 3.8) is 0 Å². The fraction of sp³-hybridized carbons (Fsp3) is 0.0667. The first-order valence-electron chi connectivity index (χ1n) is 6.20. The monoisotopic (exact) mass is 303 g/mol. The molecule has 0 spiro atoms. The number of nitrogens with two attached hydrogens (primary N) is 2. The van der Waals surface area contributed by atoms with Gasteiger partial charge in [-0.05, 0) is 23.8 Å². The molecule has 108 valence electrons. The van der Waals surface area contributed by atoms with Gasteiger partial charge in [0.2, 0.25) is 11.8 Å². The second-order valence-corrected chi connectivity index (χ2v) is 4.84. The van der Waals surface area contributed by atoms with E-state index in [1.807, 2.05) is 6.07 Å². The van der Waals surface area contributed by atoms with E-state index in [0.29, 0.717) is 11.3 Å². The van der Waals surface area contributed by atoms with Crippen molar-refractivity contribution >= 4 is 29.1 Å². The molecule has 2 amide bonds.